The molecule has 0 aliphatic carbocycles. The van der Waals surface area contributed by atoms with Gasteiger partial charge in [-0.2, -0.15) is 0 Å². The van der Waals surface area contributed by atoms with Gasteiger partial charge in [0, 0.05) is 18.1 Å². The number of nitrogens with one attached hydrogen (secondary N) is 1. The van der Waals surface area contributed by atoms with Crippen molar-refractivity contribution in [2.45, 2.75) is 20.1 Å². The minimum Gasteiger partial charge on any atom is -0.493 e. The zero-order valence-corrected chi connectivity index (χ0v) is 14.6. The van der Waals surface area contributed by atoms with Crippen molar-refractivity contribution in [1.29, 1.82) is 0 Å². The van der Waals surface area contributed by atoms with Crippen LogP contribution in [0.15, 0.2) is 54.0 Å². The molecule has 0 saturated heterocycles. The molecule has 3 aromatic rings. The molecule has 0 aliphatic heterocycles. The molecule has 2 aromatic carbocycles. The van der Waals surface area contributed by atoms with Crippen molar-refractivity contribution < 1.29 is 9.47 Å². The maximum absolute atomic E-state index is 5.92. The van der Waals surface area contributed by atoms with Crippen molar-refractivity contribution in [3.8, 4) is 11.5 Å². The van der Waals surface area contributed by atoms with Gasteiger partial charge in [0.25, 0.3) is 0 Å². The highest BCUT2D eigenvalue weighted by Crippen LogP contribution is 2.29. The number of anilines is 1. The molecule has 0 amide bonds. The highest BCUT2D eigenvalue weighted by molar-refractivity contribution is 7.13. The van der Waals surface area contributed by atoms with E-state index in [4.69, 9.17) is 9.47 Å². The SMILES string of the molecule is COc1cc(CNc2nccs2)ccc1OCc1cccc(C)c1. The first-order chi connectivity index (χ1) is 11.7. The summed E-state index contributed by atoms with van der Waals surface area (Å²) in [6.07, 6.45) is 1.79. The third kappa shape index (κ3) is 4.26. The van der Waals surface area contributed by atoms with Crippen molar-refractivity contribution in [1.82, 2.24) is 4.98 Å². The van der Waals surface area contributed by atoms with Gasteiger partial charge in [0.2, 0.25) is 0 Å². The Morgan fingerprint density at radius 2 is 2.00 bits per heavy atom. The van der Waals surface area contributed by atoms with E-state index in [1.165, 1.54) is 5.56 Å². The van der Waals surface area contributed by atoms with Crippen LogP contribution in [-0.4, -0.2) is 12.1 Å². The molecular formula is C19H20N2O2S. The van der Waals surface area contributed by atoms with Crippen LogP contribution < -0.4 is 14.8 Å². The van der Waals surface area contributed by atoms with Gasteiger partial charge in [-0.1, -0.05) is 35.9 Å². The summed E-state index contributed by atoms with van der Waals surface area (Å²) in [6.45, 7) is 3.30. The summed E-state index contributed by atoms with van der Waals surface area (Å²) in [7, 11) is 1.66. The fraction of sp³-hybridized carbons (Fsp3) is 0.211. The third-order valence-electron chi connectivity index (χ3n) is 3.58. The predicted molar refractivity (Wildman–Crippen MR) is 97.9 cm³/mol. The molecule has 1 aromatic heterocycles. The maximum atomic E-state index is 5.92. The third-order valence-corrected chi connectivity index (χ3v) is 4.31. The van der Waals surface area contributed by atoms with E-state index in [0.717, 1.165) is 27.8 Å². The number of aromatic nitrogens is 1. The Hall–Kier alpha value is -2.53. The van der Waals surface area contributed by atoms with E-state index in [1.54, 1.807) is 24.6 Å². The average Bonchev–Trinajstić information content (AvgIpc) is 3.12. The van der Waals surface area contributed by atoms with Crippen LogP contribution in [0, 0.1) is 6.92 Å². The minimum atomic E-state index is 0.523. The van der Waals surface area contributed by atoms with E-state index in [1.807, 2.05) is 29.6 Å². The Balaban J connectivity index is 1.65. The lowest BCUT2D eigenvalue weighted by Crippen LogP contribution is -2.01. The lowest BCUT2D eigenvalue weighted by molar-refractivity contribution is 0.284. The summed E-state index contributed by atoms with van der Waals surface area (Å²) in [5.41, 5.74) is 3.49. The Bertz CT molecular complexity index is 788. The molecule has 5 heteroatoms. The lowest BCUT2D eigenvalue weighted by atomic mass is 10.1. The van der Waals surface area contributed by atoms with E-state index in [2.05, 4.69) is 35.4 Å². The standard InChI is InChI=1S/C19H20N2O2S/c1-14-4-3-5-16(10-14)13-23-17-7-6-15(11-18(17)22-2)12-21-19-20-8-9-24-19/h3-11H,12-13H2,1-2H3,(H,20,21). The summed E-state index contributed by atoms with van der Waals surface area (Å²) in [5.74, 6) is 1.48. The second kappa shape index (κ2) is 7.84. The number of ether oxygens (including phenoxy) is 2. The highest BCUT2D eigenvalue weighted by atomic mass is 32.1. The van der Waals surface area contributed by atoms with Crippen LogP contribution in [0.3, 0.4) is 0 Å². The van der Waals surface area contributed by atoms with Crippen LogP contribution in [0.4, 0.5) is 5.13 Å². The number of hydrogen-bond acceptors (Lipinski definition) is 5. The first kappa shape index (κ1) is 16.3. The molecule has 0 fully saturated rings. The number of rotatable bonds is 7. The van der Waals surface area contributed by atoms with Crippen LogP contribution in [-0.2, 0) is 13.2 Å². The molecule has 4 nitrogen and oxygen atoms in total. The molecule has 0 bridgehead atoms. The molecule has 124 valence electrons. The van der Waals surface area contributed by atoms with E-state index in [9.17, 15) is 0 Å². The largest absolute Gasteiger partial charge is 0.493 e. The smallest absolute Gasteiger partial charge is 0.182 e. The van der Waals surface area contributed by atoms with Gasteiger partial charge in [-0.15, -0.1) is 11.3 Å². The lowest BCUT2D eigenvalue weighted by Gasteiger charge is -2.13. The van der Waals surface area contributed by atoms with Crippen LogP contribution in [0.2, 0.25) is 0 Å². The zero-order valence-electron chi connectivity index (χ0n) is 13.8. The Morgan fingerprint density at radius 3 is 2.75 bits per heavy atom. The van der Waals surface area contributed by atoms with Crippen LogP contribution >= 0.6 is 11.3 Å². The molecule has 0 aliphatic rings. The summed E-state index contributed by atoms with van der Waals surface area (Å²) < 4.78 is 11.4. The number of thiazole rings is 1. The van der Waals surface area contributed by atoms with Crippen LogP contribution in [0.25, 0.3) is 0 Å². The van der Waals surface area contributed by atoms with Gasteiger partial charge in [0.05, 0.1) is 7.11 Å². The van der Waals surface area contributed by atoms with Gasteiger partial charge < -0.3 is 14.8 Å². The zero-order chi connectivity index (χ0) is 16.8. The number of methoxy groups -OCH3 is 1. The molecule has 1 N–H and O–H groups in total. The monoisotopic (exact) mass is 340 g/mol. The topological polar surface area (TPSA) is 43.4 Å². The highest BCUT2D eigenvalue weighted by Gasteiger charge is 2.07. The molecule has 0 spiro atoms. The summed E-state index contributed by atoms with van der Waals surface area (Å²) in [6, 6.07) is 14.3. The van der Waals surface area contributed by atoms with E-state index in [0.29, 0.717) is 13.2 Å². The molecule has 0 atom stereocenters. The predicted octanol–water partition coefficient (Wildman–Crippen LogP) is 4.65. The van der Waals surface area contributed by atoms with Crippen molar-refractivity contribution in [3.63, 3.8) is 0 Å². The molecule has 3 rings (SSSR count). The van der Waals surface area contributed by atoms with Crippen LogP contribution in [0.1, 0.15) is 16.7 Å². The number of hydrogen-bond donors (Lipinski definition) is 1. The summed E-state index contributed by atoms with van der Waals surface area (Å²) in [5, 5.41) is 6.15. The normalized spacial score (nSPS) is 10.4. The summed E-state index contributed by atoms with van der Waals surface area (Å²) in [4.78, 5) is 4.21. The molecule has 0 unspecified atom stereocenters. The second-order valence-electron chi connectivity index (χ2n) is 5.45. The van der Waals surface area contributed by atoms with Crippen molar-refractivity contribution >= 4 is 16.5 Å². The van der Waals surface area contributed by atoms with Crippen molar-refractivity contribution in [3.05, 3.63) is 70.7 Å². The number of aryl methyl sites for hydroxylation is 1. The van der Waals surface area contributed by atoms with Gasteiger partial charge in [0.1, 0.15) is 6.61 Å². The van der Waals surface area contributed by atoms with E-state index in [-0.39, 0.29) is 0 Å². The second-order valence-corrected chi connectivity index (χ2v) is 6.35. The quantitative estimate of drug-likeness (QED) is 0.680. The molecule has 0 saturated carbocycles. The Morgan fingerprint density at radius 1 is 1.08 bits per heavy atom. The van der Waals surface area contributed by atoms with Gasteiger partial charge in [-0.25, -0.2) is 4.98 Å². The van der Waals surface area contributed by atoms with Gasteiger partial charge in [-0.3, -0.25) is 0 Å². The van der Waals surface area contributed by atoms with Crippen molar-refractivity contribution in [2.24, 2.45) is 0 Å². The molecular weight excluding hydrogens is 320 g/mol. The average molecular weight is 340 g/mol. The Kier molecular flexibility index (Phi) is 5.33. The van der Waals surface area contributed by atoms with Crippen LogP contribution in [0.5, 0.6) is 11.5 Å². The maximum Gasteiger partial charge on any atom is 0.182 e. The van der Waals surface area contributed by atoms with Gasteiger partial charge in [-0.05, 0) is 30.2 Å². The van der Waals surface area contributed by atoms with Gasteiger partial charge in [0.15, 0.2) is 16.6 Å². The van der Waals surface area contributed by atoms with E-state index < -0.39 is 0 Å². The minimum absolute atomic E-state index is 0.523. The van der Waals surface area contributed by atoms with E-state index >= 15 is 0 Å². The first-order valence-electron chi connectivity index (χ1n) is 7.73. The fourth-order valence-electron chi connectivity index (χ4n) is 2.39. The van der Waals surface area contributed by atoms with Crippen molar-refractivity contribution in [2.75, 3.05) is 12.4 Å². The van der Waals surface area contributed by atoms with Gasteiger partial charge >= 0.3 is 0 Å². The number of benzene rings is 2. The molecule has 0 radical (unpaired) electrons. The first-order valence-corrected chi connectivity index (χ1v) is 8.61. The number of nitrogens with zero attached hydrogens (tertiary/aromatic N) is 1. The molecule has 24 heavy (non-hydrogen) atoms. The fourth-order valence-corrected chi connectivity index (χ4v) is 2.92. The summed E-state index contributed by atoms with van der Waals surface area (Å²) >= 11 is 1.58. The molecule has 1 heterocycles. The Labute approximate surface area is 146 Å².